The van der Waals surface area contributed by atoms with Gasteiger partial charge in [-0.1, -0.05) is 31.0 Å². The Kier molecular flexibility index (Phi) is 17.2. The molecule has 19 heteroatoms. The molecule has 1 aromatic heterocycles. The molecule has 5 atom stereocenters. The van der Waals surface area contributed by atoms with Gasteiger partial charge in [0.15, 0.2) is 0 Å². The molecule has 2 aliphatic heterocycles. The van der Waals surface area contributed by atoms with Gasteiger partial charge in [0.05, 0.1) is 25.6 Å². The van der Waals surface area contributed by atoms with Crippen LogP contribution in [-0.2, 0) is 23.4 Å². The van der Waals surface area contributed by atoms with Crippen molar-refractivity contribution in [1.29, 1.82) is 0 Å². The quantitative estimate of drug-likeness (QED) is 0.185. The summed E-state index contributed by atoms with van der Waals surface area (Å²) in [6.45, 7) is 3.11. The highest BCUT2D eigenvalue weighted by Crippen LogP contribution is 2.27. The lowest BCUT2D eigenvalue weighted by Crippen LogP contribution is -2.33. The van der Waals surface area contributed by atoms with E-state index >= 15 is 0 Å². The van der Waals surface area contributed by atoms with Gasteiger partial charge in [0.1, 0.15) is 12.3 Å². The second-order valence-corrected chi connectivity index (χ2v) is 11.8. The molecular weight excluding hydrogens is 648 g/mol. The van der Waals surface area contributed by atoms with Crippen molar-refractivity contribution in [2.45, 2.75) is 70.3 Å². The van der Waals surface area contributed by atoms with Crippen LogP contribution in [0.2, 0.25) is 0 Å². The van der Waals surface area contributed by atoms with E-state index in [1.54, 1.807) is 6.92 Å². The zero-order valence-corrected chi connectivity index (χ0v) is 27.1. The van der Waals surface area contributed by atoms with Gasteiger partial charge in [-0.15, -0.1) is 0 Å². The third kappa shape index (κ3) is 13.7. The summed E-state index contributed by atoms with van der Waals surface area (Å²) in [4.78, 5) is 77.3. The Morgan fingerprint density at radius 3 is 2.00 bits per heavy atom. The maximum atomic E-state index is 12.1. The lowest BCUT2D eigenvalue weighted by molar-refractivity contribution is -0.140. The van der Waals surface area contributed by atoms with Crippen LogP contribution in [0.15, 0.2) is 46.1 Å². The third-order valence-electron chi connectivity index (χ3n) is 6.68. The summed E-state index contributed by atoms with van der Waals surface area (Å²) in [7, 11) is -4.52. The van der Waals surface area contributed by atoms with Crippen molar-refractivity contribution >= 4 is 34.9 Å². The maximum Gasteiger partial charge on any atom is 0.330 e. The lowest BCUT2D eigenvalue weighted by Gasteiger charge is -2.20. The average Bonchev–Trinajstić information content (AvgIpc) is 3.18. The van der Waals surface area contributed by atoms with Gasteiger partial charge < -0.3 is 38.7 Å². The summed E-state index contributed by atoms with van der Waals surface area (Å²) < 4.78 is 14.9. The van der Waals surface area contributed by atoms with E-state index in [1.165, 1.54) is 23.6 Å². The van der Waals surface area contributed by atoms with Gasteiger partial charge in [0.2, 0.25) is 0 Å². The van der Waals surface area contributed by atoms with Crippen molar-refractivity contribution in [1.82, 2.24) is 14.5 Å². The number of rotatable bonds is 8. The van der Waals surface area contributed by atoms with Gasteiger partial charge in [-0.05, 0) is 31.9 Å². The molecule has 9 N–H and O–H groups in total. The molecule has 1 amide bonds. The second kappa shape index (κ2) is 20.2. The minimum Gasteiger partial charge on any atom is -0.404 e. The number of nitrogens with two attached hydrogens (primary N) is 2. The Hall–Kier alpha value is -3.11. The first-order valence-electron chi connectivity index (χ1n) is 14.3. The Bertz CT molecular complexity index is 1340. The molecule has 2 saturated heterocycles. The molecule has 2 unspecified atom stereocenters. The van der Waals surface area contributed by atoms with Gasteiger partial charge >= 0.3 is 34.7 Å². The first kappa shape index (κ1) is 39.1. The number of nitrogens with zero attached hydrogens (tertiary/aromatic N) is 2. The van der Waals surface area contributed by atoms with Gasteiger partial charge in [-0.2, -0.15) is 0 Å². The van der Waals surface area contributed by atoms with Gasteiger partial charge in [-0.3, -0.25) is 39.7 Å². The molecule has 17 nitrogen and oxygen atoms in total. The zero-order valence-electron chi connectivity index (χ0n) is 25.3. The molecule has 2 aromatic rings. The van der Waals surface area contributed by atoms with E-state index < -0.39 is 58.7 Å². The molecule has 1 aromatic carbocycles. The van der Waals surface area contributed by atoms with Crippen LogP contribution in [0.1, 0.15) is 67.1 Å². The van der Waals surface area contributed by atoms with Gasteiger partial charge in [0, 0.05) is 36.8 Å². The SMILES string of the molecule is Cc1cn([C@H]2C[C@H](O)[C@@H](CO)O2)c(=O)[nH]c1=O.NP(O)OC(=O)CCC(=O)OP(N)O.O=C(c1ccccc1)N1CCCCCC1. The minimum atomic E-state index is -2.26. The molecule has 0 saturated carbocycles. The molecule has 0 spiro atoms. The summed E-state index contributed by atoms with van der Waals surface area (Å²) in [5.74, 6) is -1.45. The lowest BCUT2D eigenvalue weighted by atomic mass is 10.2. The number of carbonyl (C=O) groups excluding carboxylic acids is 3. The number of ether oxygens (including phenoxy) is 1. The van der Waals surface area contributed by atoms with Crippen LogP contribution in [0.25, 0.3) is 0 Å². The van der Waals surface area contributed by atoms with Gasteiger partial charge in [0.25, 0.3) is 11.5 Å². The predicted molar refractivity (Wildman–Crippen MR) is 167 cm³/mol. The van der Waals surface area contributed by atoms with E-state index in [2.05, 4.69) is 14.0 Å². The smallest absolute Gasteiger partial charge is 0.330 e. The van der Waals surface area contributed by atoms with Crippen LogP contribution < -0.4 is 22.3 Å². The summed E-state index contributed by atoms with van der Waals surface area (Å²) in [6.07, 6.45) is 3.66. The van der Waals surface area contributed by atoms with Crippen LogP contribution in [0.3, 0.4) is 0 Å². The number of benzene rings is 1. The third-order valence-corrected chi connectivity index (χ3v) is 7.46. The first-order valence-corrected chi connectivity index (χ1v) is 16.9. The van der Waals surface area contributed by atoms with Gasteiger partial charge in [-0.25, -0.2) is 4.79 Å². The fraction of sp³-hybridized carbons (Fsp3) is 0.519. The van der Waals surface area contributed by atoms with Crippen LogP contribution in [0.4, 0.5) is 0 Å². The van der Waals surface area contributed by atoms with Crippen LogP contribution in [0, 0.1) is 6.92 Å². The highest BCUT2D eigenvalue weighted by molar-refractivity contribution is 7.44. The van der Waals surface area contributed by atoms with E-state index in [1.807, 2.05) is 35.2 Å². The van der Waals surface area contributed by atoms with Crippen molar-refractivity contribution in [3.8, 4) is 0 Å². The molecule has 2 aliphatic rings. The van der Waals surface area contributed by atoms with E-state index in [4.69, 9.17) is 30.6 Å². The molecule has 2 fully saturated rings. The summed E-state index contributed by atoms with van der Waals surface area (Å²) in [6, 6.07) is 9.58. The Labute approximate surface area is 267 Å². The highest BCUT2D eigenvalue weighted by atomic mass is 31.2. The summed E-state index contributed by atoms with van der Waals surface area (Å²) in [5, 5.41) is 18.5. The number of aromatic amines is 1. The van der Waals surface area contributed by atoms with E-state index in [9.17, 15) is 29.1 Å². The first-order chi connectivity index (χ1) is 21.8. The van der Waals surface area contributed by atoms with E-state index in [0.29, 0.717) is 5.56 Å². The minimum absolute atomic E-state index is 0.192. The molecule has 0 bridgehead atoms. The van der Waals surface area contributed by atoms with Crippen molar-refractivity contribution in [2.75, 3.05) is 19.7 Å². The summed E-state index contributed by atoms with van der Waals surface area (Å²) >= 11 is 0. The number of aromatic nitrogens is 2. The number of aliphatic hydroxyl groups is 2. The standard InChI is InChI=1S/C13H17NO.C10H14N2O5.C4H10N2O6P2/c15-13(12-8-4-3-5-9-12)14-10-6-1-2-7-11-14;1-5-3-12(10(16)11-9(5)15)8-2-6(14)7(4-13)17-8;5-13(9)11-3(7)1-2-4(8)12-14(6)10/h3-5,8-9H,1-2,6-7,10-11H2;3,6-8,13-14H,2,4H2,1H3,(H,11,15,16);9-10H,1-2,5-6H2/t;6-,7+,8+;/m.0./s1. The second-order valence-electron chi connectivity index (χ2n) is 10.2. The van der Waals surface area contributed by atoms with Crippen molar-refractivity contribution < 1.29 is 48.2 Å². The number of nitrogens with one attached hydrogen (secondary N) is 1. The van der Waals surface area contributed by atoms with E-state index in [0.717, 1.165) is 31.5 Å². The number of likely N-dealkylation sites (tertiary alicyclic amines) is 1. The molecule has 4 rings (SSSR count). The average molecular weight is 690 g/mol. The Balaban J connectivity index is 0.000000242. The normalized spacial score (nSPS) is 20.5. The molecule has 0 radical (unpaired) electrons. The fourth-order valence-electron chi connectivity index (χ4n) is 4.39. The number of carbonyl (C=O) groups is 3. The topological polar surface area (TPSA) is 270 Å². The van der Waals surface area contributed by atoms with Crippen molar-refractivity contribution in [2.24, 2.45) is 11.0 Å². The number of hydrogen-bond donors (Lipinski definition) is 7. The van der Waals surface area contributed by atoms with Crippen LogP contribution >= 0.6 is 17.1 Å². The monoisotopic (exact) mass is 689 g/mol. The molecule has 46 heavy (non-hydrogen) atoms. The largest absolute Gasteiger partial charge is 0.404 e. The predicted octanol–water partition coefficient (Wildman–Crippen LogP) is 0.397. The number of amides is 1. The van der Waals surface area contributed by atoms with Crippen LogP contribution in [-0.4, -0.2) is 84.2 Å². The molecule has 0 aliphatic carbocycles. The van der Waals surface area contributed by atoms with Crippen molar-refractivity contribution in [3.05, 3.63) is 68.5 Å². The Morgan fingerprint density at radius 1 is 0.978 bits per heavy atom. The van der Waals surface area contributed by atoms with E-state index in [-0.39, 0.29) is 31.8 Å². The summed E-state index contributed by atoms with van der Waals surface area (Å²) in [5.41, 5.74) is 9.74. The zero-order chi connectivity index (χ0) is 34.2. The molecule has 3 heterocycles. The van der Waals surface area contributed by atoms with Crippen molar-refractivity contribution in [3.63, 3.8) is 0 Å². The number of aryl methyl sites for hydroxylation is 1. The maximum absolute atomic E-state index is 12.1. The Morgan fingerprint density at radius 2 is 1.52 bits per heavy atom. The highest BCUT2D eigenvalue weighted by Gasteiger charge is 2.35. The number of hydrogen-bond acceptors (Lipinski definition) is 14. The molecular formula is C27H41N5O12P2. The van der Waals surface area contributed by atoms with Crippen LogP contribution in [0.5, 0.6) is 0 Å². The fourth-order valence-corrected chi connectivity index (χ4v) is 4.99. The molecule has 256 valence electrons. The number of aliphatic hydroxyl groups excluding tert-OH is 2. The number of H-pyrrole nitrogens is 1.